The molecule has 0 amide bonds. The van der Waals surface area contributed by atoms with Gasteiger partial charge in [0.1, 0.15) is 42.0 Å². The molecule has 0 bridgehead atoms. The molecular formula is C68H89BrK2O12. The first-order valence-electron chi connectivity index (χ1n) is 27.1. The molecule has 0 heterocycles. The van der Waals surface area contributed by atoms with Crippen molar-refractivity contribution in [2.75, 3.05) is 53.6 Å². The van der Waals surface area contributed by atoms with Crippen LogP contribution in [0.4, 0.5) is 0 Å². The van der Waals surface area contributed by atoms with Crippen molar-refractivity contribution < 1.29 is 163 Å². The molecule has 0 fully saturated rings. The van der Waals surface area contributed by atoms with Crippen molar-refractivity contribution in [3.05, 3.63) is 197 Å². The molecule has 0 aliphatic rings. The van der Waals surface area contributed by atoms with Gasteiger partial charge in [0.2, 0.25) is 0 Å². The van der Waals surface area contributed by atoms with Crippen LogP contribution in [0.5, 0.6) is 28.7 Å². The van der Waals surface area contributed by atoms with Crippen LogP contribution >= 0.6 is 15.9 Å². The Balaban J connectivity index is 0. The molecule has 0 radical (unpaired) electrons. The van der Waals surface area contributed by atoms with Crippen LogP contribution in [0.1, 0.15) is 126 Å². The van der Waals surface area contributed by atoms with Gasteiger partial charge in [-0.1, -0.05) is 162 Å². The summed E-state index contributed by atoms with van der Waals surface area (Å²) in [5, 5.41) is 27.2. The fourth-order valence-electron chi connectivity index (χ4n) is 8.17. The van der Waals surface area contributed by atoms with Gasteiger partial charge >= 0.3 is 103 Å². The number of phenols is 2. The number of ether oxygens (including phenoxy) is 7. The first-order valence-corrected chi connectivity index (χ1v) is 28.2. The van der Waals surface area contributed by atoms with Crippen LogP contribution in [-0.4, -0.2) is 70.3 Å². The molecule has 0 saturated carbocycles. The van der Waals surface area contributed by atoms with E-state index in [0.717, 1.165) is 80.8 Å². The summed E-state index contributed by atoms with van der Waals surface area (Å²) in [5.41, 5.74) is 12.6. The first-order chi connectivity index (χ1) is 38.8. The van der Waals surface area contributed by atoms with Crippen molar-refractivity contribution in [1.82, 2.24) is 0 Å². The van der Waals surface area contributed by atoms with E-state index >= 15 is 0 Å². The van der Waals surface area contributed by atoms with Crippen LogP contribution in [0.25, 0.3) is 22.3 Å². The van der Waals surface area contributed by atoms with E-state index in [2.05, 4.69) is 123 Å². The number of carbonyl (C=O) groups is 1. The predicted molar refractivity (Wildman–Crippen MR) is 331 cm³/mol. The summed E-state index contributed by atoms with van der Waals surface area (Å²) in [6.45, 7) is 16.4. The summed E-state index contributed by atoms with van der Waals surface area (Å²) < 4.78 is 39.6. The first kappa shape index (κ1) is 79.6. The molecule has 3 unspecified atom stereocenters. The van der Waals surface area contributed by atoms with Crippen LogP contribution in [0.2, 0.25) is 0 Å². The molecule has 15 heteroatoms. The molecule has 12 nitrogen and oxygen atoms in total. The minimum Gasteiger partial charge on any atom is -1.00 e. The second-order valence-electron chi connectivity index (χ2n) is 18.8. The van der Waals surface area contributed by atoms with Crippen LogP contribution in [0.3, 0.4) is 0 Å². The molecule has 0 aliphatic heterocycles. The molecular weight excluding hydrogens is 1170 g/mol. The topological polar surface area (TPSA) is 154 Å². The molecule has 7 aromatic rings. The van der Waals surface area contributed by atoms with Crippen molar-refractivity contribution in [3.8, 4) is 51.0 Å². The second-order valence-corrected chi connectivity index (χ2v) is 19.6. The summed E-state index contributed by atoms with van der Waals surface area (Å²) in [4.78, 5) is 11.2. The third-order valence-corrected chi connectivity index (χ3v) is 13.4. The molecule has 3 atom stereocenters. The second kappa shape index (κ2) is 47.7. The van der Waals surface area contributed by atoms with Gasteiger partial charge in [0.15, 0.2) is 0 Å². The summed E-state index contributed by atoms with van der Waals surface area (Å²) in [7, 11) is 6.78. The van der Waals surface area contributed by atoms with Crippen LogP contribution in [0, 0.1) is 0 Å². The minimum absolute atomic E-state index is 0. The molecule has 7 rings (SSSR count). The van der Waals surface area contributed by atoms with Gasteiger partial charge in [-0.05, 0) is 137 Å². The number of aromatic hydroxyl groups is 2. The van der Waals surface area contributed by atoms with E-state index in [-0.39, 0.29) is 118 Å². The Morgan fingerprint density at radius 2 is 0.759 bits per heavy atom. The van der Waals surface area contributed by atoms with Crippen molar-refractivity contribution in [2.45, 2.75) is 112 Å². The monoisotopic (exact) mass is 1250 g/mol. The van der Waals surface area contributed by atoms with Crippen molar-refractivity contribution in [2.24, 2.45) is 0 Å². The zero-order valence-electron chi connectivity index (χ0n) is 51.5. The fraction of sp³-hybridized carbons (Fsp3) is 0.368. The predicted octanol–water partition coefficient (Wildman–Crippen LogP) is 10.0. The maximum absolute atomic E-state index is 9.01. The molecule has 0 aliphatic carbocycles. The van der Waals surface area contributed by atoms with Crippen molar-refractivity contribution in [1.29, 1.82) is 0 Å². The number of methoxy groups -OCH3 is 4. The van der Waals surface area contributed by atoms with E-state index in [1.54, 1.807) is 52.7 Å². The number of hydrogen-bond donors (Lipinski definition) is 2. The molecule has 0 aromatic heterocycles. The fourth-order valence-corrected chi connectivity index (χ4v) is 8.34. The van der Waals surface area contributed by atoms with E-state index < -0.39 is 0 Å². The maximum atomic E-state index is 9.01. The number of rotatable bonds is 25. The van der Waals surface area contributed by atoms with Gasteiger partial charge in [-0.15, -0.1) is 0 Å². The van der Waals surface area contributed by atoms with Gasteiger partial charge in [0.25, 0.3) is 6.47 Å². The Bertz CT molecular complexity index is 2640. The summed E-state index contributed by atoms with van der Waals surface area (Å²) >= 11 is 3.40. The van der Waals surface area contributed by atoms with Crippen LogP contribution in [-0.2, 0) is 55.1 Å². The molecule has 0 spiro atoms. The summed E-state index contributed by atoms with van der Waals surface area (Å²) in [5.74, 6) is 4.96. The van der Waals surface area contributed by atoms with Crippen molar-refractivity contribution >= 4 is 22.4 Å². The molecule has 442 valence electrons. The molecule has 83 heavy (non-hydrogen) atoms. The standard InChI is InChI=1S/C28H34O4.C18H21BrO3.2C10H14O.CH2O3.CH4.2K.H/c1-5-21(2)22-11-13-27(14-12-22)31-15-16-32-28-25(19-29-3)17-24(18-26(28)20-30-4)23-9-7-6-8-10-23;1-20-12-16-10-15(14-6-4-3-5-7-14)11-17(13-21-2)18(16)22-9-8-19;2*1-3-8(2)9-4-6-10(11)7-5-9;2-1-4-3;;;;/h6-14,17-18,21H,5,15-16,19-20H2,1-4H3;3-7,10-11H,8-9,12-13H2,1-2H3;2*4-8,11H,3H2,1-2H3;1,3H;1H4;;;/q;;;;;;2*+1;-1/p-1. The van der Waals surface area contributed by atoms with E-state index in [4.69, 9.17) is 53.4 Å². The summed E-state index contributed by atoms with van der Waals surface area (Å²) in [6.07, 6.45) is 3.42. The normalized spacial score (nSPS) is 11.1. The Hall–Kier alpha value is -3.44. The van der Waals surface area contributed by atoms with E-state index in [1.165, 1.54) is 22.3 Å². The molecule has 0 saturated heterocycles. The van der Waals surface area contributed by atoms with E-state index in [1.807, 2.05) is 72.8 Å². The van der Waals surface area contributed by atoms with Crippen molar-refractivity contribution in [3.63, 3.8) is 0 Å². The number of halogens is 1. The number of benzene rings is 7. The zero-order valence-corrected chi connectivity index (χ0v) is 58.3. The largest absolute Gasteiger partial charge is 1.00 e. The van der Waals surface area contributed by atoms with Crippen LogP contribution in [0.15, 0.2) is 158 Å². The van der Waals surface area contributed by atoms with Gasteiger partial charge in [-0.2, -0.15) is 0 Å². The Kier molecular flexibility index (Phi) is 45.7. The third-order valence-electron chi connectivity index (χ3n) is 13.1. The average molecular weight is 1260 g/mol. The number of hydrogen-bond acceptors (Lipinski definition) is 12. The average Bonchev–Trinajstić information content (AvgIpc) is 3.52. The number of alkyl halides is 1. The SMILES string of the molecule is C.CCC(C)c1ccc(O)cc1.CCC(C)c1ccc(O)cc1.CCC(C)c1ccc(OCCOc2c(COC)cc(-c3ccccc3)cc2COC)cc1.COCc1cc(-c2ccccc2)cc(COC)c1OCCBr.O=CO[O-].[H-].[K+].[K+]. The Morgan fingerprint density at radius 3 is 1.04 bits per heavy atom. The van der Waals surface area contributed by atoms with E-state index in [0.29, 0.717) is 75.5 Å². The van der Waals surface area contributed by atoms with Crippen LogP contribution < -0.4 is 122 Å². The number of carbonyl (C=O) groups excluding carboxylic acids is 1. The van der Waals surface area contributed by atoms with Gasteiger partial charge in [0.05, 0.1) is 33.0 Å². The number of phenolic OH excluding ortho intramolecular Hbond substituents is 2. The van der Waals surface area contributed by atoms with Gasteiger partial charge in [-0.3, -0.25) is 4.79 Å². The zero-order chi connectivity index (χ0) is 58.5. The third kappa shape index (κ3) is 29.7. The maximum Gasteiger partial charge on any atom is 1.00 e. The van der Waals surface area contributed by atoms with Gasteiger partial charge in [-0.25, -0.2) is 0 Å². The molecule has 7 aromatic carbocycles. The summed E-state index contributed by atoms with van der Waals surface area (Å²) in [6, 6.07) is 52.3. The smallest absolute Gasteiger partial charge is 1.00 e. The Morgan fingerprint density at radius 1 is 0.470 bits per heavy atom. The minimum atomic E-state index is -0.181. The van der Waals surface area contributed by atoms with Gasteiger partial charge < -0.3 is 54.9 Å². The molecule has 2 N–H and O–H groups in total. The Labute approximate surface area is 591 Å². The quantitative estimate of drug-likeness (QED) is 0.0140. The van der Waals surface area contributed by atoms with Gasteiger partial charge in [0, 0.05) is 56.0 Å². The van der Waals surface area contributed by atoms with E-state index in [9.17, 15) is 0 Å².